The molecule has 0 aliphatic carbocycles. The zero-order valence-corrected chi connectivity index (χ0v) is 14.7. The maximum Gasteiger partial charge on any atom is 0.227 e. The van der Waals surface area contributed by atoms with Crippen molar-refractivity contribution >= 4 is 5.91 Å². The summed E-state index contributed by atoms with van der Waals surface area (Å²) in [6.07, 6.45) is 8.61. The zero-order valence-electron chi connectivity index (χ0n) is 14.7. The van der Waals surface area contributed by atoms with Crippen LogP contribution in [-0.2, 0) is 11.3 Å². The summed E-state index contributed by atoms with van der Waals surface area (Å²) in [5.41, 5.74) is -0.264. The van der Waals surface area contributed by atoms with Crippen LogP contribution >= 0.6 is 0 Å². The van der Waals surface area contributed by atoms with E-state index in [1.807, 2.05) is 31.9 Å². The van der Waals surface area contributed by atoms with Crippen molar-refractivity contribution in [3.05, 3.63) is 18.2 Å². The standard InChI is InChI=1S/C18H30N4O/c1-18(2,3)17(23)22-10-6-15(7-11-22)20-13-14-5-4-9-21-12-8-19-16(14)21/h8,12,14-15,20H,4-7,9-11,13H2,1-3H3/t14-/m0/s1. The number of piperidine rings is 1. The van der Waals surface area contributed by atoms with E-state index in [1.165, 1.54) is 18.7 Å². The van der Waals surface area contributed by atoms with Gasteiger partial charge in [-0.3, -0.25) is 4.79 Å². The average Bonchev–Trinajstić information content (AvgIpc) is 3.01. The first-order chi connectivity index (χ1) is 10.9. The highest BCUT2D eigenvalue weighted by Gasteiger charge is 2.30. The molecule has 3 heterocycles. The van der Waals surface area contributed by atoms with Crippen LogP contribution in [0.1, 0.15) is 58.2 Å². The van der Waals surface area contributed by atoms with Crippen molar-refractivity contribution in [1.82, 2.24) is 19.8 Å². The van der Waals surface area contributed by atoms with Gasteiger partial charge in [0.15, 0.2) is 0 Å². The van der Waals surface area contributed by atoms with E-state index >= 15 is 0 Å². The lowest BCUT2D eigenvalue weighted by Gasteiger charge is -2.36. The van der Waals surface area contributed by atoms with Crippen LogP contribution in [0.15, 0.2) is 12.4 Å². The van der Waals surface area contributed by atoms with Crippen molar-refractivity contribution in [3.63, 3.8) is 0 Å². The molecule has 1 atom stereocenters. The summed E-state index contributed by atoms with van der Waals surface area (Å²) in [4.78, 5) is 18.9. The highest BCUT2D eigenvalue weighted by molar-refractivity contribution is 5.81. The SMILES string of the molecule is CC(C)(C)C(=O)N1CCC(NC[C@@H]2CCCn3ccnc32)CC1. The summed E-state index contributed by atoms with van der Waals surface area (Å²) in [6, 6.07) is 0.532. The number of fused-ring (bicyclic) bond motifs is 1. The molecule has 5 nitrogen and oxygen atoms in total. The molecule has 3 rings (SSSR count). The number of amides is 1. The highest BCUT2D eigenvalue weighted by atomic mass is 16.2. The first kappa shape index (κ1) is 16.5. The maximum absolute atomic E-state index is 12.3. The number of hydrogen-bond acceptors (Lipinski definition) is 3. The molecule has 0 unspecified atom stereocenters. The molecule has 1 aromatic rings. The average molecular weight is 318 g/mol. The minimum atomic E-state index is -0.264. The number of aromatic nitrogens is 2. The number of nitrogens with one attached hydrogen (secondary N) is 1. The fourth-order valence-corrected chi connectivity index (χ4v) is 3.77. The molecule has 23 heavy (non-hydrogen) atoms. The normalized spacial score (nSPS) is 22.9. The van der Waals surface area contributed by atoms with E-state index in [0.29, 0.717) is 12.0 Å². The Morgan fingerprint density at radius 3 is 2.70 bits per heavy atom. The van der Waals surface area contributed by atoms with E-state index in [2.05, 4.69) is 21.1 Å². The Labute approximate surface area is 139 Å². The highest BCUT2D eigenvalue weighted by Crippen LogP contribution is 2.26. The predicted octanol–water partition coefficient (Wildman–Crippen LogP) is 2.39. The van der Waals surface area contributed by atoms with Gasteiger partial charge in [-0.15, -0.1) is 0 Å². The third-order valence-corrected chi connectivity index (χ3v) is 5.14. The first-order valence-corrected chi connectivity index (χ1v) is 8.99. The Morgan fingerprint density at radius 1 is 1.26 bits per heavy atom. The third kappa shape index (κ3) is 3.77. The quantitative estimate of drug-likeness (QED) is 0.931. The summed E-state index contributed by atoms with van der Waals surface area (Å²) in [7, 11) is 0. The Kier molecular flexibility index (Phi) is 4.76. The molecule has 1 aromatic heterocycles. The molecule has 0 spiro atoms. The third-order valence-electron chi connectivity index (χ3n) is 5.14. The number of aryl methyl sites for hydroxylation is 1. The van der Waals surface area contributed by atoms with Gasteiger partial charge in [0.25, 0.3) is 0 Å². The summed E-state index contributed by atoms with van der Waals surface area (Å²) < 4.78 is 2.29. The fraction of sp³-hybridized carbons (Fsp3) is 0.778. The van der Waals surface area contributed by atoms with Crippen LogP contribution in [0, 0.1) is 5.41 Å². The summed E-state index contributed by atoms with van der Waals surface area (Å²) >= 11 is 0. The number of nitrogens with zero attached hydrogens (tertiary/aromatic N) is 3. The lowest BCUT2D eigenvalue weighted by molar-refractivity contribution is -0.140. The van der Waals surface area contributed by atoms with Crippen molar-refractivity contribution in [3.8, 4) is 0 Å². The van der Waals surface area contributed by atoms with Crippen LogP contribution in [0.3, 0.4) is 0 Å². The summed E-state index contributed by atoms with van der Waals surface area (Å²) in [5, 5.41) is 3.73. The molecular weight excluding hydrogens is 288 g/mol. The van der Waals surface area contributed by atoms with Gasteiger partial charge in [0.1, 0.15) is 5.82 Å². The van der Waals surface area contributed by atoms with Gasteiger partial charge in [0, 0.05) is 55.9 Å². The molecule has 128 valence electrons. The molecule has 0 radical (unpaired) electrons. The number of likely N-dealkylation sites (tertiary alicyclic amines) is 1. The van der Waals surface area contributed by atoms with Crippen LogP contribution in [0.4, 0.5) is 0 Å². The number of hydrogen-bond donors (Lipinski definition) is 1. The number of rotatable bonds is 3. The van der Waals surface area contributed by atoms with Crippen LogP contribution in [-0.4, -0.2) is 46.0 Å². The predicted molar refractivity (Wildman–Crippen MR) is 91.3 cm³/mol. The molecule has 1 amide bonds. The van der Waals surface area contributed by atoms with Gasteiger partial charge < -0.3 is 14.8 Å². The summed E-state index contributed by atoms with van der Waals surface area (Å²) in [5.74, 6) is 2.06. The topological polar surface area (TPSA) is 50.2 Å². The van der Waals surface area contributed by atoms with Crippen LogP contribution in [0.2, 0.25) is 0 Å². The largest absolute Gasteiger partial charge is 0.342 e. The van der Waals surface area contributed by atoms with Gasteiger partial charge >= 0.3 is 0 Å². The van der Waals surface area contributed by atoms with E-state index in [1.54, 1.807) is 0 Å². The van der Waals surface area contributed by atoms with Gasteiger partial charge in [-0.1, -0.05) is 20.8 Å². The Bertz CT molecular complexity index is 537. The van der Waals surface area contributed by atoms with Crippen molar-refractivity contribution in [2.45, 2.75) is 65.0 Å². The van der Waals surface area contributed by atoms with Gasteiger partial charge in [0.2, 0.25) is 5.91 Å². The molecule has 0 bridgehead atoms. The second kappa shape index (κ2) is 6.63. The number of carbonyl (C=O) groups is 1. The lowest BCUT2D eigenvalue weighted by Crippen LogP contribution is -2.48. The van der Waals surface area contributed by atoms with Crippen molar-refractivity contribution < 1.29 is 4.79 Å². The molecular formula is C18H30N4O. The Hall–Kier alpha value is -1.36. The minimum Gasteiger partial charge on any atom is -0.342 e. The van der Waals surface area contributed by atoms with Gasteiger partial charge in [-0.25, -0.2) is 4.98 Å². The molecule has 1 saturated heterocycles. The monoisotopic (exact) mass is 318 g/mol. The summed E-state index contributed by atoms with van der Waals surface area (Å²) in [6.45, 7) is 9.90. The smallest absolute Gasteiger partial charge is 0.227 e. The van der Waals surface area contributed by atoms with Gasteiger partial charge in [-0.2, -0.15) is 0 Å². The molecule has 1 fully saturated rings. The van der Waals surface area contributed by atoms with E-state index in [-0.39, 0.29) is 11.3 Å². The first-order valence-electron chi connectivity index (χ1n) is 8.99. The van der Waals surface area contributed by atoms with E-state index in [0.717, 1.165) is 39.0 Å². The van der Waals surface area contributed by atoms with Gasteiger partial charge in [0.05, 0.1) is 0 Å². The minimum absolute atomic E-state index is 0.264. The lowest BCUT2D eigenvalue weighted by atomic mass is 9.92. The Morgan fingerprint density at radius 2 is 2.00 bits per heavy atom. The molecule has 1 N–H and O–H groups in total. The number of imidazole rings is 1. The molecule has 0 aromatic carbocycles. The van der Waals surface area contributed by atoms with Crippen molar-refractivity contribution in [2.75, 3.05) is 19.6 Å². The Balaban J connectivity index is 1.46. The molecule has 0 saturated carbocycles. The zero-order chi connectivity index (χ0) is 16.4. The van der Waals surface area contributed by atoms with Crippen LogP contribution in [0.5, 0.6) is 0 Å². The van der Waals surface area contributed by atoms with E-state index in [9.17, 15) is 4.79 Å². The van der Waals surface area contributed by atoms with Crippen molar-refractivity contribution in [2.24, 2.45) is 5.41 Å². The van der Waals surface area contributed by atoms with E-state index in [4.69, 9.17) is 0 Å². The van der Waals surface area contributed by atoms with Crippen molar-refractivity contribution in [1.29, 1.82) is 0 Å². The molecule has 5 heteroatoms. The van der Waals surface area contributed by atoms with Crippen LogP contribution < -0.4 is 5.32 Å². The maximum atomic E-state index is 12.3. The second-order valence-corrected chi connectivity index (χ2v) is 8.04. The fourth-order valence-electron chi connectivity index (χ4n) is 3.77. The van der Waals surface area contributed by atoms with Gasteiger partial charge in [-0.05, 0) is 25.7 Å². The second-order valence-electron chi connectivity index (χ2n) is 8.04. The molecule has 2 aliphatic heterocycles. The van der Waals surface area contributed by atoms with E-state index < -0.39 is 0 Å². The number of carbonyl (C=O) groups excluding carboxylic acids is 1. The van der Waals surface area contributed by atoms with Crippen LogP contribution in [0.25, 0.3) is 0 Å². The molecule has 2 aliphatic rings.